The molecule has 12 aromatic carbocycles. The topological polar surface area (TPSA) is 48.5 Å². The van der Waals surface area contributed by atoms with Crippen molar-refractivity contribution in [3.8, 4) is 101 Å². The first-order valence-corrected chi connectivity index (χ1v) is 29.8. The summed E-state index contributed by atoms with van der Waals surface area (Å²) in [7, 11) is 0. The summed E-state index contributed by atoms with van der Waals surface area (Å²) in [6, 6.07) is 99.7. The molecular weight excluding hydrogens is 1040 g/mol. The summed E-state index contributed by atoms with van der Waals surface area (Å²) in [5.41, 5.74) is 27.0. The molecule has 3 aromatic heterocycles. The highest BCUT2D eigenvalue weighted by Crippen LogP contribution is 2.52. The minimum atomic E-state index is -0.112. The standard InChI is InChI=1S/C81H57N5/c1-80(2)69-30-15-11-26-61(69)63-38-34-55(48-71(63)80)53-36-40-75-67(46-53)65-28-13-17-32-73(65)85(75)78-82-77(57-25-19-24-52(42-57)60-44-58(50-20-7-5-8-21-50)43-59(45-60)51-22-9-6-10-23-51)83-79(84-78)86-74-33-18-14-29-66(74)68-47-54(37-41-76(68)86)56-35-39-64-62-27-12-16-31-70(62)81(3,4)72(64)49-56/h5-49H,1-4H3. The molecule has 0 radical (unpaired) electrons. The fraction of sp³-hybridized carbons (Fsp3) is 0.0741. The van der Waals surface area contributed by atoms with E-state index >= 15 is 0 Å². The van der Waals surface area contributed by atoms with Crippen molar-refractivity contribution in [1.82, 2.24) is 24.1 Å². The molecule has 17 rings (SSSR count). The number of hydrogen-bond acceptors (Lipinski definition) is 3. The maximum atomic E-state index is 5.63. The first-order valence-electron chi connectivity index (χ1n) is 29.8. The molecule has 406 valence electrons. The van der Waals surface area contributed by atoms with Crippen molar-refractivity contribution in [1.29, 1.82) is 0 Å². The maximum Gasteiger partial charge on any atom is 0.240 e. The Balaban J connectivity index is 0.857. The van der Waals surface area contributed by atoms with Gasteiger partial charge >= 0.3 is 0 Å². The van der Waals surface area contributed by atoms with E-state index in [-0.39, 0.29) is 10.8 Å². The number of hydrogen-bond donors (Lipinski definition) is 0. The normalized spacial score (nSPS) is 13.5. The Bertz CT molecular complexity index is 4990. The Labute approximate surface area is 499 Å². The number of benzene rings is 12. The van der Waals surface area contributed by atoms with Gasteiger partial charge in [-0.3, -0.25) is 9.13 Å². The van der Waals surface area contributed by atoms with E-state index in [1.807, 2.05) is 0 Å². The summed E-state index contributed by atoms with van der Waals surface area (Å²) < 4.78 is 4.48. The highest BCUT2D eigenvalue weighted by molar-refractivity contribution is 6.12. The van der Waals surface area contributed by atoms with Crippen LogP contribution >= 0.6 is 0 Å². The summed E-state index contributed by atoms with van der Waals surface area (Å²) in [5.74, 6) is 1.64. The van der Waals surface area contributed by atoms with Crippen molar-refractivity contribution in [3.05, 3.63) is 295 Å². The van der Waals surface area contributed by atoms with Gasteiger partial charge in [-0.1, -0.05) is 228 Å². The van der Waals surface area contributed by atoms with Crippen LogP contribution in [-0.4, -0.2) is 24.1 Å². The van der Waals surface area contributed by atoms with Crippen molar-refractivity contribution < 1.29 is 0 Å². The second-order valence-electron chi connectivity index (χ2n) is 24.4. The third-order valence-corrected chi connectivity index (χ3v) is 18.8. The first kappa shape index (κ1) is 49.8. The van der Waals surface area contributed by atoms with E-state index in [2.05, 4.69) is 310 Å². The zero-order chi connectivity index (χ0) is 57.4. The van der Waals surface area contributed by atoms with Gasteiger partial charge in [0.25, 0.3) is 0 Å². The molecule has 0 unspecified atom stereocenters. The molecular formula is C81H57N5. The Morgan fingerprint density at radius 2 is 0.581 bits per heavy atom. The van der Waals surface area contributed by atoms with Crippen molar-refractivity contribution in [2.45, 2.75) is 38.5 Å². The summed E-state index contributed by atoms with van der Waals surface area (Å²) in [4.78, 5) is 16.8. The maximum absolute atomic E-state index is 5.63. The zero-order valence-corrected chi connectivity index (χ0v) is 48.2. The van der Waals surface area contributed by atoms with E-state index in [9.17, 15) is 0 Å². The van der Waals surface area contributed by atoms with Gasteiger partial charge in [0.2, 0.25) is 11.9 Å². The van der Waals surface area contributed by atoms with Crippen molar-refractivity contribution >= 4 is 43.6 Å². The molecule has 5 heteroatoms. The predicted octanol–water partition coefficient (Wildman–Crippen LogP) is 20.7. The molecule has 0 saturated carbocycles. The first-order chi connectivity index (χ1) is 42.1. The summed E-state index contributed by atoms with van der Waals surface area (Å²) in [6.45, 7) is 9.40. The molecule has 86 heavy (non-hydrogen) atoms. The minimum Gasteiger partial charge on any atom is -0.278 e. The van der Waals surface area contributed by atoms with Gasteiger partial charge in [-0.15, -0.1) is 0 Å². The average molecular weight is 1100 g/mol. The molecule has 0 fully saturated rings. The molecule has 0 spiro atoms. The Hall–Kier alpha value is -10.8. The minimum absolute atomic E-state index is 0.112. The van der Waals surface area contributed by atoms with E-state index in [1.54, 1.807) is 0 Å². The molecule has 0 saturated heterocycles. The quantitative estimate of drug-likeness (QED) is 0.152. The van der Waals surface area contributed by atoms with Crippen molar-refractivity contribution in [3.63, 3.8) is 0 Å². The zero-order valence-electron chi connectivity index (χ0n) is 48.2. The Morgan fingerprint density at radius 3 is 1.08 bits per heavy atom. The largest absolute Gasteiger partial charge is 0.278 e. The van der Waals surface area contributed by atoms with Gasteiger partial charge in [-0.25, -0.2) is 0 Å². The SMILES string of the molecule is CC1(C)c2ccccc2-c2ccc(-c3ccc4c(c3)c3ccccc3n4-c3nc(-c4cccc(-c5cc(-c6ccccc6)cc(-c6ccccc6)c5)c4)nc(-n4c5ccccc5c5cc(-c6ccc7c(c6)C(C)(C)c6ccccc6-7)ccc54)n3)cc21. The highest BCUT2D eigenvalue weighted by atomic mass is 15.3. The Kier molecular flexibility index (Phi) is 10.9. The van der Waals surface area contributed by atoms with Gasteiger partial charge in [0, 0.05) is 37.9 Å². The van der Waals surface area contributed by atoms with Gasteiger partial charge < -0.3 is 0 Å². The number of nitrogens with zero attached hydrogens (tertiary/aromatic N) is 5. The van der Waals surface area contributed by atoms with Crippen LogP contribution in [-0.2, 0) is 10.8 Å². The molecule has 3 heterocycles. The highest BCUT2D eigenvalue weighted by Gasteiger charge is 2.37. The lowest BCUT2D eigenvalue weighted by molar-refractivity contribution is 0.660. The summed E-state index contributed by atoms with van der Waals surface area (Å²) in [6.07, 6.45) is 0. The van der Waals surface area contributed by atoms with Crippen LogP contribution in [0.5, 0.6) is 0 Å². The number of para-hydroxylation sites is 2. The van der Waals surface area contributed by atoms with Gasteiger partial charge in [-0.2, -0.15) is 15.0 Å². The second-order valence-corrected chi connectivity index (χ2v) is 24.4. The van der Waals surface area contributed by atoms with E-state index in [0.717, 1.165) is 93.7 Å². The molecule has 15 aromatic rings. The Morgan fingerprint density at radius 1 is 0.233 bits per heavy atom. The van der Waals surface area contributed by atoms with Crippen LogP contribution in [0.25, 0.3) is 145 Å². The molecule has 0 aliphatic heterocycles. The molecule has 2 aliphatic carbocycles. The van der Waals surface area contributed by atoms with Crippen molar-refractivity contribution in [2.75, 3.05) is 0 Å². The second kappa shape index (κ2) is 18.9. The molecule has 0 atom stereocenters. The third kappa shape index (κ3) is 7.67. The molecule has 2 aliphatic rings. The van der Waals surface area contributed by atoms with E-state index in [0.29, 0.717) is 17.7 Å². The fourth-order valence-electron chi connectivity index (χ4n) is 14.4. The van der Waals surface area contributed by atoms with Crippen molar-refractivity contribution in [2.24, 2.45) is 0 Å². The van der Waals surface area contributed by atoms with Gasteiger partial charge in [0.15, 0.2) is 5.82 Å². The fourth-order valence-corrected chi connectivity index (χ4v) is 14.4. The summed E-state index contributed by atoms with van der Waals surface area (Å²) in [5, 5.41) is 4.50. The number of fused-ring (bicyclic) bond motifs is 12. The lowest BCUT2D eigenvalue weighted by Crippen LogP contribution is -2.14. The van der Waals surface area contributed by atoms with Crippen LogP contribution in [0.4, 0.5) is 0 Å². The average Bonchev–Trinajstić information content (AvgIpc) is 1.73. The van der Waals surface area contributed by atoms with Crippen LogP contribution in [0.3, 0.4) is 0 Å². The van der Waals surface area contributed by atoms with Crippen LogP contribution in [0, 0.1) is 0 Å². The van der Waals surface area contributed by atoms with Gasteiger partial charge in [0.1, 0.15) is 0 Å². The van der Waals surface area contributed by atoms with E-state index in [1.165, 1.54) is 55.6 Å². The smallest absolute Gasteiger partial charge is 0.240 e. The predicted molar refractivity (Wildman–Crippen MR) is 356 cm³/mol. The lowest BCUT2D eigenvalue weighted by atomic mass is 9.81. The van der Waals surface area contributed by atoms with Crippen LogP contribution in [0.1, 0.15) is 49.9 Å². The number of aromatic nitrogens is 5. The summed E-state index contributed by atoms with van der Waals surface area (Å²) >= 11 is 0. The molecule has 0 N–H and O–H groups in total. The van der Waals surface area contributed by atoms with Crippen LogP contribution in [0.2, 0.25) is 0 Å². The van der Waals surface area contributed by atoms with Crippen LogP contribution in [0.15, 0.2) is 273 Å². The monoisotopic (exact) mass is 1100 g/mol. The van der Waals surface area contributed by atoms with Gasteiger partial charge in [-0.05, 0) is 173 Å². The van der Waals surface area contributed by atoms with E-state index < -0.39 is 0 Å². The van der Waals surface area contributed by atoms with Gasteiger partial charge in [0.05, 0.1) is 22.1 Å². The molecule has 5 nitrogen and oxygen atoms in total. The van der Waals surface area contributed by atoms with Crippen LogP contribution < -0.4 is 0 Å². The van der Waals surface area contributed by atoms with E-state index in [4.69, 9.17) is 15.0 Å². The molecule has 0 amide bonds. The third-order valence-electron chi connectivity index (χ3n) is 18.8. The number of rotatable bonds is 8. The lowest BCUT2D eigenvalue weighted by Gasteiger charge is -2.22. The molecule has 0 bridgehead atoms.